The van der Waals surface area contributed by atoms with Crippen LogP contribution in [-0.2, 0) is 14.6 Å². The molecule has 0 radical (unpaired) electrons. The summed E-state index contributed by atoms with van der Waals surface area (Å²) in [5.41, 5.74) is 0.0184. The predicted molar refractivity (Wildman–Crippen MR) is 76.8 cm³/mol. The highest BCUT2D eigenvalue weighted by Gasteiger charge is 2.24. The average Bonchev–Trinajstić information content (AvgIpc) is 2.23. The monoisotopic (exact) mass is 290 g/mol. The van der Waals surface area contributed by atoms with Gasteiger partial charge in [-0.05, 0) is 5.41 Å². The van der Waals surface area contributed by atoms with Crippen molar-refractivity contribution in [3.63, 3.8) is 0 Å². The van der Waals surface area contributed by atoms with E-state index in [2.05, 4.69) is 25.7 Å². The van der Waals surface area contributed by atoms with Crippen LogP contribution in [0.25, 0.3) is 0 Å². The minimum absolute atomic E-state index is 0.0184. The first-order valence-corrected chi connectivity index (χ1v) is 8.81. The Hall–Kier alpha value is -0.620. The first-order valence-electron chi connectivity index (χ1n) is 6.75. The number of carbonyl (C=O) groups excluding carboxylic acids is 1. The van der Waals surface area contributed by atoms with Crippen molar-refractivity contribution in [3.8, 4) is 0 Å². The lowest BCUT2D eigenvalue weighted by Gasteiger charge is -2.35. The number of sulfone groups is 1. The smallest absolute Gasteiger partial charge is 0.223 e. The second kappa shape index (κ2) is 6.22. The van der Waals surface area contributed by atoms with Crippen LogP contribution in [0.3, 0.4) is 0 Å². The molecule has 0 aliphatic carbocycles. The van der Waals surface area contributed by atoms with E-state index in [9.17, 15) is 13.2 Å². The normalized spacial score (nSPS) is 18.6. The maximum Gasteiger partial charge on any atom is 0.223 e. The fraction of sp³-hybridized carbons (Fsp3) is 0.923. The molecule has 1 fully saturated rings. The molecule has 0 atom stereocenters. The third-order valence-corrected chi connectivity index (χ3v) is 4.11. The van der Waals surface area contributed by atoms with Crippen molar-refractivity contribution in [2.75, 3.05) is 44.7 Å². The molecule has 1 amide bonds. The van der Waals surface area contributed by atoms with Crippen LogP contribution in [0, 0.1) is 5.41 Å². The van der Waals surface area contributed by atoms with E-state index in [0.29, 0.717) is 26.1 Å². The summed E-state index contributed by atoms with van der Waals surface area (Å²) < 4.78 is 22.2. The van der Waals surface area contributed by atoms with Gasteiger partial charge in [-0.25, -0.2) is 8.42 Å². The summed E-state index contributed by atoms with van der Waals surface area (Å²) in [6.45, 7) is 9.71. The Labute approximate surface area is 116 Å². The van der Waals surface area contributed by atoms with Gasteiger partial charge in [0.25, 0.3) is 0 Å². The molecule has 1 aliphatic heterocycles. The third kappa shape index (κ3) is 6.92. The van der Waals surface area contributed by atoms with Crippen molar-refractivity contribution in [3.05, 3.63) is 0 Å². The van der Waals surface area contributed by atoms with Crippen molar-refractivity contribution in [2.45, 2.75) is 27.2 Å². The van der Waals surface area contributed by atoms with Crippen LogP contribution in [0.2, 0.25) is 0 Å². The van der Waals surface area contributed by atoms with Gasteiger partial charge < -0.3 is 4.90 Å². The Bertz CT molecular complexity index is 404. The highest BCUT2D eigenvalue weighted by molar-refractivity contribution is 7.90. The fourth-order valence-corrected chi connectivity index (χ4v) is 2.67. The van der Waals surface area contributed by atoms with E-state index < -0.39 is 9.84 Å². The van der Waals surface area contributed by atoms with Gasteiger partial charge >= 0.3 is 0 Å². The Morgan fingerprint density at radius 1 is 1.11 bits per heavy atom. The lowest BCUT2D eigenvalue weighted by Crippen LogP contribution is -2.50. The van der Waals surface area contributed by atoms with Crippen LogP contribution in [0.1, 0.15) is 27.2 Å². The van der Waals surface area contributed by atoms with Crippen LogP contribution < -0.4 is 0 Å². The van der Waals surface area contributed by atoms with E-state index in [4.69, 9.17) is 0 Å². The van der Waals surface area contributed by atoms with Gasteiger partial charge in [-0.1, -0.05) is 20.8 Å². The van der Waals surface area contributed by atoms with E-state index in [1.807, 2.05) is 4.90 Å². The number of rotatable bonds is 4. The maximum absolute atomic E-state index is 12.0. The van der Waals surface area contributed by atoms with E-state index in [-0.39, 0.29) is 17.1 Å². The number of hydrogen-bond acceptors (Lipinski definition) is 4. The molecule has 0 unspecified atom stereocenters. The Balaban J connectivity index is 2.35. The van der Waals surface area contributed by atoms with Crippen molar-refractivity contribution >= 4 is 15.7 Å². The summed E-state index contributed by atoms with van der Waals surface area (Å²) >= 11 is 0. The molecule has 0 saturated carbocycles. The molecule has 6 heteroatoms. The van der Waals surface area contributed by atoms with Gasteiger partial charge in [0.15, 0.2) is 0 Å². The second-order valence-corrected chi connectivity index (χ2v) is 8.85. The van der Waals surface area contributed by atoms with Gasteiger partial charge in [0.05, 0.1) is 5.75 Å². The molecule has 1 heterocycles. The van der Waals surface area contributed by atoms with Gasteiger partial charge in [-0.3, -0.25) is 9.69 Å². The van der Waals surface area contributed by atoms with E-state index in [1.165, 1.54) is 6.26 Å². The van der Waals surface area contributed by atoms with Gasteiger partial charge in [0.1, 0.15) is 9.84 Å². The molecule has 0 aromatic heterocycles. The van der Waals surface area contributed by atoms with Crippen molar-refractivity contribution in [1.82, 2.24) is 9.80 Å². The predicted octanol–water partition coefficient (Wildman–Crippen LogP) is 0.611. The minimum atomic E-state index is -2.90. The SMILES string of the molecule is CC(C)(C)CC(=O)N1CCN(CCS(C)(=O)=O)CC1. The molecule has 1 aliphatic rings. The lowest BCUT2D eigenvalue weighted by atomic mass is 9.91. The van der Waals surface area contributed by atoms with Crippen LogP contribution in [0.5, 0.6) is 0 Å². The highest BCUT2D eigenvalue weighted by atomic mass is 32.2. The summed E-state index contributed by atoms with van der Waals surface area (Å²) in [7, 11) is -2.90. The molecular weight excluding hydrogens is 264 g/mol. The number of piperazine rings is 1. The summed E-state index contributed by atoms with van der Waals surface area (Å²) in [6.07, 6.45) is 1.83. The van der Waals surface area contributed by atoms with Crippen LogP contribution in [0.15, 0.2) is 0 Å². The topological polar surface area (TPSA) is 57.7 Å². The van der Waals surface area contributed by atoms with Crippen LogP contribution in [-0.4, -0.2) is 68.9 Å². The van der Waals surface area contributed by atoms with E-state index in [0.717, 1.165) is 13.1 Å². The minimum Gasteiger partial charge on any atom is -0.340 e. The van der Waals surface area contributed by atoms with Crippen LogP contribution in [0.4, 0.5) is 0 Å². The zero-order valence-corrected chi connectivity index (χ0v) is 13.3. The van der Waals surface area contributed by atoms with Crippen molar-refractivity contribution < 1.29 is 13.2 Å². The first kappa shape index (κ1) is 16.4. The lowest BCUT2D eigenvalue weighted by molar-refractivity contribution is -0.134. The number of carbonyl (C=O) groups is 1. The largest absolute Gasteiger partial charge is 0.340 e. The maximum atomic E-state index is 12.0. The van der Waals surface area contributed by atoms with Crippen molar-refractivity contribution in [1.29, 1.82) is 0 Å². The molecule has 19 heavy (non-hydrogen) atoms. The van der Waals surface area contributed by atoms with Gasteiger partial charge in [0, 0.05) is 45.4 Å². The Morgan fingerprint density at radius 3 is 2.05 bits per heavy atom. The molecule has 0 aromatic rings. The molecule has 1 rings (SSSR count). The third-order valence-electron chi connectivity index (χ3n) is 3.18. The fourth-order valence-electron chi connectivity index (χ4n) is 2.08. The molecule has 0 spiro atoms. The summed E-state index contributed by atoms with van der Waals surface area (Å²) in [6, 6.07) is 0. The Kier molecular flexibility index (Phi) is 5.38. The molecule has 1 saturated heterocycles. The van der Waals surface area contributed by atoms with Crippen molar-refractivity contribution in [2.24, 2.45) is 5.41 Å². The number of amides is 1. The van der Waals surface area contributed by atoms with E-state index >= 15 is 0 Å². The number of nitrogens with zero attached hydrogens (tertiary/aromatic N) is 2. The zero-order valence-electron chi connectivity index (χ0n) is 12.5. The molecule has 0 bridgehead atoms. The van der Waals surface area contributed by atoms with E-state index in [1.54, 1.807) is 0 Å². The summed E-state index contributed by atoms with van der Waals surface area (Å²) in [5, 5.41) is 0. The molecule has 0 N–H and O–H groups in total. The number of hydrogen-bond donors (Lipinski definition) is 0. The van der Waals surface area contributed by atoms with Gasteiger partial charge in [0.2, 0.25) is 5.91 Å². The first-order chi connectivity index (χ1) is 8.57. The summed E-state index contributed by atoms with van der Waals surface area (Å²) in [4.78, 5) is 16.1. The van der Waals surface area contributed by atoms with Gasteiger partial charge in [-0.15, -0.1) is 0 Å². The zero-order chi connectivity index (χ0) is 14.7. The standard InChI is InChI=1S/C13H26N2O3S/c1-13(2,3)11-12(16)15-7-5-14(6-8-15)9-10-19(4,17)18/h5-11H2,1-4H3. The summed E-state index contributed by atoms with van der Waals surface area (Å²) in [5.74, 6) is 0.401. The molecular formula is C13H26N2O3S. The molecule has 5 nitrogen and oxygen atoms in total. The molecule has 0 aromatic carbocycles. The quantitative estimate of drug-likeness (QED) is 0.761. The Morgan fingerprint density at radius 2 is 1.63 bits per heavy atom. The highest BCUT2D eigenvalue weighted by Crippen LogP contribution is 2.20. The second-order valence-electron chi connectivity index (χ2n) is 6.59. The molecule has 112 valence electrons. The van der Waals surface area contributed by atoms with Crippen LogP contribution >= 0.6 is 0 Å². The average molecular weight is 290 g/mol. The van der Waals surface area contributed by atoms with Gasteiger partial charge in [-0.2, -0.15) is 0 Å².